The fourth-order valence-corrected chi connectivity index (χ4v) is 3.99. The van der Waals surface area contributed by atoms with Gasteiger partial charge in [0.15, 0.2) is 0 Å². The van der Waals surface area contributed by atoms with Gasteiger partial charge in [0, 0.05) is 19.6 Å². The Morgan fingerprint density at radius 3 is 2.95 bits per heavy atom. The first kappa shape index (κ1) is 16.8. The molecule has 1 N–H and O–H groups in total. The van der Waals surface area contributed by atoms with E-state index >= 15 is 0 Å². The zero-order valence-corrected chi connectivity index (χ0v) is 13.8. The molecular weight excluding hydrogens is 260 g/mol. The summed E-state index contributed by atoms with van der Waals surface area (Å²) >= 11 is 0. The Labute approximate surface area is 130 Å². The Kier molecular flexibility index (Phi) is 6.98. The fraction of sp³-hybridized carbons (Fsp3) is 0.789. The molecule has 2 rings (SSSR count). The van der Waals surface area contributed by atoms with Crippen LogP contribution in [0, 0.1) is 17.8 Å². The molecule has 0 aliphatic heterocycles. The van der Waals surface area contributed by atoms with Gasteiger partial charge < -0.3 is 9.84 Å². The highest BCUT2D eigenvalue weighted by Gasteiger charge is 2.42. The number of methoxy groups -OCH3 is 1. The molecule has 0 aromatic heterocycles. The van der Waals surface area contributed by atoms with Gasteiger partial charge in [-0.2, -0.15) is 0 Å². The molecule has 1 fully saturated rings. The van der Waals surface area contributed by atoms with Crippen LogP contribution in [0.3, 0.4) is 0 Å². The van der Waals surface area contributed by atoms with Gasteiger partial charge in [0.1, 0.15) is 0 Å². The maximum absolute atomic E-state index is 10.3. The van der Waals surface area contributed by atoms with Crippen LogP contribution in [0.15, 0.2) is 23.8 Å². The lowest BCUT2D eigenvalue weighted by atomic mass is 9.88. The Bertz CT molecular complexity index is 359. The summed E-state index contributed by atoms with van der Waals surface area (Å²) in [5.74, 6) is 1.69. The SMILES string of the molecule is CCC/C=C/[C@@H]1[C@H]2CC(CCCCCOC)=C[C@H]2C[C@H]1O. The molecule has 0 bridgehead atoms. The van der Waals surface area contributed by atoms with Crippen molar-refractivity contribution in [1.29, 1.82) is 0 Å². The van der Waals surface area contributed by atoms with Crippen LogP contribution >= 0.6 is 0 Å². The highest BCUT2D eigenvalue weighted by molar-refractivity contribution is 5.20. The smallest absolute Gasteiger partial charge is 0.0611 e. The second kappa shape index (κ2) is 8.75. The number of rotatable bonds is 9. The monoisotopic (exact) mass is 292 g/mol. The normalized spacial score (nSPS) is 31.9. The number of allylic oxidation sites excluding steroid dienone is 3. The van der Waals surface area contributed by atoms with Crippen LogP contribution in [0.4, 0.5) is 0 Å². The molecular formula is C19H32O2. The Morgan fingerprint density at radius 1 is 1.33 bits per heavy atom. The highest BCUT2D eigenvalue weighted by Crippen LogP contribution is 2.48. The standard InChI is InChI=1S/C19H32O2/c1-3-4-6-10-17-18-13-15(9-7-5-8-11-21-2)12-16(18)14-19(17)20/h6,10,12,16-20H,3-5,7-9,11,13-14H2,1-2H3/b10-6+/t16-,17+,18-,19+/m0/s1. The minimum atomic E-state index is -0.118. The first-order valence-corrected chi connectivity index (χ1v) is 8.79. The van der Waals surface area contributed by atoms with Gasteiger partial charge in [-0.15, -0.1) is 0 Å². The maximum atomic E-state index is 10.3. The van der Waals surface area contributed by atoms with Crippen LogP contribution in [-0.4, -0.2) is 24.9 Å². The molecule has 21 heavy (non-hydrogen) atoms. The van der Waals surface area contributed by atoms with Crippen LogP contribution in [0.2, 0.25) is 0 Å². The quantitative estimate of drug-likeness (QED) is 0.501. The van der Waals surface area contributed by atoms with Gasteiger partial charge in [-0.1, -0.05) is 43.6 Å². The largest absolute Gasteiger partial charge is 0.392 e. The average Bonchev–Trinajstić information content (AvgIpc) is 2.97. The van der Waals surface area contributed by atoms with E-state index in [9.17, 15) is 5.11 Å². The summed E-state index contributed by atoms with van der Waals surface area (Å²) in [6.07, 6.45) is 16.4. The number of fused-ring (bicyclic) bond motifs is 1. The number of hydrogen-bond donors (Lipinski definition) is 1. The second-order valence-corrected chi connectivity index (χ2v) is 6.76. The minimum Gasteiger partial charge on any atom is -0.392 e. The minimum absolute atomic E-state index is 0.118. The molecule has 2 heteroatoms. The Hall–Kier alpha value is -0.600. The summed E-state index contributed by atoms with van der Waals surface area (Å²) in [7, 11) is 1.78. The highest BCUT2D eigenvalue weighted by atomic mass is 16.5. The lowest BCUT2D eigenvalue weighted by Gasteiger charge is -2.18. The molecule has 1 saturated carbocycles. The molecule has 0 spiro atoms. The summed E-state index contributed by atoms with van der Waals surface area (Å²) in [6, 6.07) is 0. The van der Waals surface area contributed by atoms with Crippen LogP contribution < -0.4 is 0 Å². The zero-order valence-electron chi connectivity index (χ0n) is 13.8. The van der Waals surface area contributed by atoms with Gasteiger partial charge in [-0.05, 0) is 50.4 Å². The van der Waals surface area contributed by atoms with Crippen molar-refractivity contribution >= 4 is 0 Å². The van der Waals surface area contributed by atoms with Crippen molar-refractivity contribution in [2.24, 2.45) is 17.8 Å². The van der Waals surface area contributed by atoms with Gasteiger partial charge >= 0.3 is 0 Å². The topological polar surface area (TPSA) is 29.5 Å². The first-order valence-electron chi connectivity index (χ1n) is 8.79. The van der Waals surface area contributed by atoms with E-state index in [1.807, 2.05) is 0 Å². The molecule has 0 amide bonds. The third kappa shape index (κ3) is 4.69. The van der Waals surface area contributed by atoms with Crippen molar-refractivity contribution in [3.8, 4) is 0 Å². The molecule has 0 unspecified atom stereocenters. The Morgan fingerprint density at radius 2 is 2.19 bits per heavy atom. The van der Waals surface area contributed by atoms with E-state index in [4.69, 9.17) is 4.74 Å². The molecule has 0 aromatic carbocycles. The van der Waals surface area contributed by atoms with Crippen molar-refractivity contribution in [2.45, 2.75) is 64.4 Å². The predicted octanol–water partition coefficient (Wildman–Crippen LogP) is 4.49. The van der Waals surface area contributed by atoms with Crippen molar-refractivity contribution in [3.05, 3.63) is 23.8 Å². The predicted molar refractivity (Wildman–Crippen MR) is 88.2 cm³/mol. The van der Waals surface area contributed by atoms with E-state index in [2.05, 4.69) is 25.2 Å². The van der Waals surface area contributed by atoms with Gasteiger partial charge in [0.2, 0.25) is 0 Å². The lowest BCUT2D eigenvalue weighted by molar-refractivity contribution is 0.141. The summed E-state index contributed by atoms with van der Waals surface area (Å²) in [5.41, 5.74) is 1.64. The van der Waals surface area contributed by atoms with Crippen molar-refractivity contribution in [1.82, 2.24) is 0 Å². The molecule has 2 aliphatic rings. The van der Waals surface area contributed by atoms with E-state index in [1.54, 1.807) is 12.7 Å². The van der Waals surface area contributed by atoms with E-state index in [1.165, 1.54) is 38.5 Å². The van der Waals surface area contributed by atoms with Crippen molar-refractivity contribution in [3.63, 3.8) is 0 Å². The summed E-state index contributed by atoms with van der Waals surface area (Å²) < 4.78 is 5.10. The summed E-state index contributed by atoms with van der Waals surface area (Å²) in [5, 5.41) is 10.3. The number of aliphatic hydroxyl groups is 1. The first-order chi connectivity index (χ1) is 10.3. The number of aliphatic hydroxyl groups excluding tert-OH is 1. The van der Waals surface area contributed by atoms with E-state index in [0.29, 0.717) is 17.8 Å². The van der Waals surface area contributed by atoms with Crippen molar-refractivity contribution < 1.29 is 9.84 Å². The number of hydrogen-bond acceptors (Lipinski definition) is 2. The van der Waals surface area contributed by atoms with E-state index < -0.39 is 0 Å². The van der Waals surface area contributed by atoms with Gasteiger partial charge in [0.05, 0.1) is 6.10 Å². The molecule has 0 heterocycles. The van der Waals surface area contributed by atoms with Crippen molar-refractivity contribution in [2.75, 3.05) is 13.7 Å². The van der Waals surface area contributed by atoms with Crippen LogP contribution in [0.5, 0.6) is 0 Å². The molecule has 4 atom stereocenters. The van der Waals surface area contributed by atoms with Crippen LogP contribution in [0.25, 0.3) is 0 Å². The van der Waals surface area contributed by atoms with Crippen LogP contribution in [-0.2, 0) is 4.74 Å². The molecule has 0 saturated heterocycles. The third-order valence-corrected chi connectivity index (χ3v) is 5.11. The molecule has 120 valence electrons. The molecule has 2 aliphatic carbocycles. The van der Waals surface area contributed by atoms with Gasteiger partial charge in [0.25, 0.3) is 0 Å². The number of ether oxygens (including phenoxy) is 1. The third-order valence-electron chi connectivity index (χ3n) is 5.11. The summed E-state index contributed by atoms with van der Waals surface area (Å²) in [6.45, 7) is 3.10. The Balaban J connectivity index is 1.77. The fourth-order valence-electron chi connectivity index (χ4n) is 3.99. The molecule has 0 aromatic rings. The second-order valence-electron chi connectivity index (χ2n) is 6.76. The van der Waals surface area contributed by atoms with Gasteiger partial charge in [-0.3, -0.25) is 0 Å². The summed E-state index contributed by atoms with van der Waals surface area (Å²) in [4.78, 5) is 0. The van der Waals surface area contributed by atoms with E-state index in [0.717, 1.165) is 19.4 Å². The number of unbranched alkanes of at least 4 members (excludes halogenated alkanes) is 3. The average molecular weight is 292 g/mol. The zero-order chi connectivity index (χ0) is 15.1. The van der Waals surface area contributed by atoms with Crippen LogP contribution in [0.1, 0.15) is 58.3 Å². The molecule has 0 radical (unpaired) electrons. The van der Waals surface area contributed by atoms with Gasteiger partial charge in [-0.25, -0.2) is 0 Å². The van der Waals surface area contributed by atoms with E-state index in [-0.39, 0.29) is 6.10 Å². The maximum Gasteiger partial charge on any atom is 0.0611 e. The molecule has 2 nitrogen and oxygen atoms in total. The lowest BCUT2D eigenvalue weighted by Crippen LogP contribution is -2.17.